The summed E-state index contributed by atoms with van der Waals surface area (Å²) in [7, 11) is 2.07. The summed E-state index contributed by atoms with van der Waals surface area (Å²) in [5, 5.41) is 0. The highest BCUT2D eigenvalue weighted by Crippen LogP contribution is 2.34. The number of hydrogen-bond donors (Lipinski definition) is 0. The standard InChI is InChI=1S/C15H23N/c1-7-16(6)15-13(11(2)3)9-8-10-14(15)12(4)5/h7-12H,1H2,2-6H3. The molecule has 16 heavy (non-hydrogen) atoms. The maximum absolute atomic E-state index is 3.86. The Kier molecular flexibility index (Phi) is 4.17. The van der Waals surface area contributed by atoms with Crippen molar-refractivity contribution < 1.29 is 0 Å². The van der Waals surface area contributed by atoms with Crippen LogP contribution in [0.5, 0.6) is 0 Å². The molecule has 0 saturated heterocycles. The second kappa shape index (κ2) is 5.20. The molecule has 1 heteroatoms. The van der Waals surface area contributed by atoms with Crippen LogP contribution >= 0.6 is 0 Å². The van der Waals surface area contributed by atoms with Crippen LogP contribution in [0.15, 0.2) is 31.0 Å². The molecule has 0 atom stereocenters. The number of hydrogen-bond acceptors (Lipinski definition) is 1. The number of anilines is 1. The van der Waals surface area contributed by atoms with E-state index in [-0.39, 0.29) is 0 Å². The van der Waals surface area contributed by atoms with Gasteiger partial charge in [0.2, 0.25) is 0 Å². The minimum absolute atomic E-state index is 0.538. The first-order valence-corrected chi connectivity index (χ1v) is 5.97. The Balaban J connectivity index is 3.40. The monoisotopic (exact) mass is 217 g/mol. The molecule has 1 nitrogen and oxygen atoms in total. The SMILES string of the molecule is C=CN(C)c1c(C(C)C)cccc1C(C)C. The highest BCUT2D eigenvalue weighted by atomic mass is 15.1. The van der Waals surface area contributed by atoms with E-state index in [0.717, 1.165) is 0 Å². The molecule has 0 aliphatic rings. The van der Waals surface area contributed by atoms with Crippen molar-refractivity contribution in [3.63, 3.8) is 0 Å². The zero-order valence-corrected chi connectivity index (χ0v) is 11.1. The van der Waals surface area contributed by atoms with Crippen molar-refractivity contribution in [1.29, 1.82) is 0 Å². The molecule has 88 valence electrons. The fourth-order valence-electron chi connectivity index (χ4n) is 2.01. The molecule has 0 unspecified atom stereocenters. The van der Waals surface area contributed by atoms with E-state index >= 15 is 0 Å². The van der Waals surface area contributed by atoms with E-state index in [1.165, 1.54) is 16.8 Å². The van der Waals surface area contributed by atoms with Gasteiger partial charge in [-0.05, 0) is 29.2 Å². The van der Waals surface area contributed by atoms with Gasteiger partial charge in [0.15, 0.2) is 0 Å². The fourth-order valence-corrected chi connectivity index (χ4v) is 2.01. The highest BCUT2D eigenvalue weighted by Gasteiger charge is 2.15. The van der Waals surface area contributed by atoms with Crippen molar-refractivity contribution in [2.75, 3.05) is 11.9 Å². The Bertz CT molecular complexity index is 337. The van der Waals surface area contributed by atoms with Gasteiger partial charge in [-0.15, -0.1) is 0 Å². The molecule has 0 aliphatic carbocycles. The molecule has 0 aromatic heterocycles. The number of rotatable bonds is 4. The lowest BCUT2D eigenvalue weighted by Gasteiger charge is -2.25. The van der Waals surface area contributed by atoms with E-state index in [2.05, 4.69) is 64.4 Å². The summed E-state index contributed by atoms with van der Waals surface area (Å²) in [6.45, 7) is 12.8. The quantitative estimate of drug-likeness (QED) is 0.717. The normalized spacial score (nSPS) is 10.9. The third-order valence-electron chi connectivity index (χ3n) is 2.97. The first kappa shape index (κ1) is 12.8. The second-order valence-corrected chi connectivity index (χ2v) is 4.89. The van der Waals surface area contributed by atoms with E-state index < -0.39 is 0 Å². The third-order valence-corrected chi connectivity index (χ3v) is 2.97. The summed E-state index contributed by atoms with van der Waals surface area (Å²) in [5.41, 5.74) is 4.12. The predicted octanol–water partition coefficient (Wildman–Crippen LogP) is 4.51. The lowest BCUT2D eigenvalue weighted by atomic mass is 9.92. The van der Waals surface area contributed by atoms with Crippen LogP contribution in [0.1, 0.15) is 50.7 Å². The van der Waals surface area contributed by atoms with E-state index in [0.29, 0.717) is 11.8 Å². The van der Waals surface area contributed by atoms with Crippen molar-refractivity contribution in [3.8, 4) is 0 Å². The molecule has 0 spiro atoms. The van der Waals surface area contributed by atoms with Crippen LogP contribution in [0.2, 0.25) is 0 Å². The molecule has 0 N–H and O–H groups in total. The molecule has 0 fully saturated rings. The molecule has 0 heterocycles. The minimum Gasteiger partial charge on any atom is -0.351 e. The van der Waals surface area contributed by atoms with Crippen LogP contribution in [-0.4, -0.2) is 7.05 Å². The highest BCUT2D eigenvalue weighted by molar-refractivity contribution is 5.63. The smallest absolute Gasteiger partial charge is 0.0473 e. The van der Waals surface area contributed by atoms with Gasteiger partial charge in [0, 0.05) is 12.7 Å². The summed E-state index contributed by atoms with van der Waals surface area (Å²) in [4.78, 5) is 2.13. The molecule has 1 rings (SSSR count). The van der Waals surface area contributed by atoms with Crippen molar-refractivity contribution in [2.24, 2.45) is 0 Å². The summed E-state index contributed by atoms with van der Waals surface area (Å²) in [6.07, 6.45) is 1.88. The molecule has 0 saturated carbocycles. The van der Waals surface area contributed by atoms with Gasteiger partial charge in [-0.3, -0.25) is 0 Å². The first-order valence-electron chi connectivity index (χ1n) is 5.97. The Morgan fingerprint density at radius 1 is 1.06 bits per heavy atom. The molecular weight excluding hydrogens is 194 g/mol. The Labute approximate surface area is 99.8 Å². The Hall–Kier alpha value is -1.24. The molecular formula is C15H23N. The molecule has 1 aromatic rings. The van der Waals surface area contributed by atoms with Crippen LogP contribution in [0.3, 0.4) is 0 Å². The second-order valence-electron chi connectivity index (χ2n) is 4.89. The van der Waals surface area contributed by atoms with Gasteiger partial charge in [0.1, 0.15) is 0 Å². The lowest BCUT2D eigenvalue weighted by Crippen LogP contribution is -2.14. The molecule has 1 aromatic carbocycles. The van der Waals surface area contributed by atoms with E-state index in [1.807, 2.05) is 6.20 Å². The molecule has 0 radical (unpaired) electrons. The van der Waals surface area contributed by atoms with Crippen LogP contribution in [0.4, 0.5) is 5.69 Å². The predicted molar refractivity (Wildman–Crippen MR) is 73.2 cm³/mol. The minimum atomic E-state index is 0.538. The van der Waals surface area contributed by atoms with Crippen molar-refractivity contribution in [1.82, 2.24) is 0 Å². The summed E-state index contributed by atoms with van der Waals surface area (Å²) in [5.74, 6) is 1.08. The van der Waals surface area contributed by atoms with Gasteiger partial charge in [-0.25, -0.2) is 0 Å². The number of para-hydroxylation sites is 1. The van der Waals surface area contributed by atoms with Crippen molar-refractivity contribution in [3.05, 3.63) is 42.1 Å². The van der Waals surface area contributed by atoms with Gasteiger partial charge < -0.3 is 4.90 Å². The zero-order valence-electron chi connectivity index (χ0n) is 11.1. The van der Waals surface area contributed by atoms with Crippen LogP contribution in [0.25, 0.3) is 0 Å². The largest absolute Gasteiger partial charge is 0.351 e. The topological polar surface area (TPSA) is 3.24 Å². The van der Waals surface area contributed by atoms with Gasteiger partial charge in [0.25, 0.3) is 0 Å². The maximum Gasteiger partial charge on any atom is 0.0473 e. The third kappa shape index (κ3) is 2.46. The first-order chi connectivity index (χ1) is 7.49. The summed E-state index contributed by atoms with van der Waals surface area (Å²) < 4.78 is 0. The van der Waals surface area contributed by atoms with E-state index in [9.17, 15) is 0 Å². The molecule has 0 aliphatic heterocycles. The summed E-state index contributed by atoms with van der Waals surface area (Å²) >= 11 is 0. The van der Waals surface area contributed by atoms with Crippen LogP contribution in [-0.2, 0) is 0 Å². The van der Waals surface area contributed by atoms with Crippen molar-refractivity contribution in [2.45, 2.75) is 39.5 Å². The summed E-state index contributed by atoms with van der Waals surface area (Å²) in [6, 6.07) is 6.59. The van der Waals surface area contributed by atoms with Gasteiger partial charge in [0.05, 0.1) is 0 Å². The average molecular weight is 217 g/mol. The van der Waals surface area contributed by atoms with E-state index in [1.54, 1.807) is 0 Å². The fraction of sp³-hybridized carbons (Fsp3) is 0.467. The number of nitrogens with zero attached hydrogens (tertiary/aromatic N) is 1. The molecule has 0 amide bonds. The van der Waals surface area contributed by atoms with Gasteiger partial charge in [-0.2, -0.15) is 0 Å². The van der Waals surface area contributed by atoms with Gasteiger partial charge >= 0.3 is 0 Å². The average Bonchev–Trinajstić information content (AvgIpc) is 2.26. The van der Waals surface area contributed by atoms with Crippen molar-refractivity contribution >= 4 is 5.69 Å². The Morgan fingerprint density at radius 2 is 1.50 bits per heavy atom. The molecule has 0 bridgehead atoms. The van der Waals surface area contributed by atoms with E-state index in [4.69, 9.17) is 0 Å². The number of benzene rings is 1. The zero-order chi connectivity index (χ0) is 12.3. The van der Waals surface area contributed by atoms with Gasteiger partial charge in [-0.1, -0.05) is 52.5 Å². The maximum atomic E-state index is 3.86. The van der Waals surface area contributed by atoms with Crippen LogP contribution in [0, 0.1) is 0 Å². The Morgan fingerprint density at radius 3 is 1.81 bits per heavy atom. The van der Waals surface area contributed by atoms with Crippen LogP contribution < -0.4 is 4.90 Å². The lowest BCUT2D eigenvalue weighted by molar-refractivity contribution is 0.827.